The number of hydrogen-bond donors (Lipinski definition) is 1. The highest BCUT2D eigenvalue weighted by molar-refractivity contribution is 7.80. The first-order valence-corrected chi connectivity index (χ1v) is 8.20. The predicted molar refractivity (Wildman–Crippen MR) is 97.7 cm³/mol. The van der Waals surface area contributed by atoms with Crippen molar-refractivity contribution in [3.05, 3.63) is 64.2 Å². The molecule has 0 spiro atoms. The zero-order valence-electron chi connectivity index (χ0n) is 13.0. The number of aryl methyl sites for hydroxylation is 1. The molecule has 0 aromatic heterocycles. The molecule has 2 aromatic rings. The molecule has 0 saturated carbocycles. The molecule has 0 aliphatic carbocycles. The number of fused-ring (bicyclic) bond motifs is 1. The van der Waals surface area contributed by atoms with Crippen LogP contribution in [0.5, 0.6) is 0 Å². The van der Waals surface area contributed by atoms with Gasteiger partial charge in [0.15, 0.2) is 5.11 Å². The summed E-state index contributed by atoms with van der Waals surface area (Å²) in [6, 6.07) is 14.5. The quantitative estimate of drug-likeness (QED) is 0.785. The van der Waals surface area contributed by atoms with Crippen LogP contribution in [-0.2, 0) is 5.54 Å². The van der Waals surface area contributed by atoms with Gasteiger partial charge in [-0.3, -0.25) is 0 Å². The predicted octanol–water partition coefficient (Wildman–Crippen LogP) is 4.94. The van der Waals surface area contributed by atoms with Gasteiger partial charge in [-0.15, -0.1) is 0 Å². The second kappa shape index (κ2) is 5.56. The van der Waals surface area contributed by atoms with Gasteiger partial charge in [0.05, 0.1) is 5.54 Å². The molecule has 0 fully saturated rings. The lowest BCUT2D eigenvalue weighted by Gasteiger charge is -2.48. The zero-order chi connectivity index (χ0) is 15.9. The van der Waals surface area contributed by atoms with Crippen molar-refractivity contribution in [3.8, 4) is 0 Å². The average Bonchev–Trinajstić information content (AvgIpc) is 2.51. The minimum Gasteiger partial charge on any atom is -0.338 e. The van der Waals surface area contributed by atoms with Gasteiger partial charge in [0.2, 0.25) is 0 Å². The lowest BCUT2D eigenvalue weighted by molar-refractivity contribution is 0.250. The van der Waals surface area contributed by atoms with E-state index in [0.29, 0.717) is 0 Å². The smallest absolute Gasteiger partial charge is 0.174 e. The largest absolute Gasteiger partial charge is 0.338 e. The zero-order valence-corrected chi connectivity index (χ0v) is 14.6. The van der Waals surface area contributed by atoms with E-state index in [4.69, 9.17) is 23.8 Å². The number of hydrogen-bond acceptors (Lipinski definition) is 1. The molecule has 1 atom stereocenters. The van der Waals surface area contributed by atoms with Crippen LogP contribution in [-0.4, -0.2) is 17.1 Å². The van der Waals surface area contributed by atoms with Crippen molar-refractivity contribution in [1.29, 1.82) is 0 Å². The summed E-state index contributed by atoms with van der Waals surface area (Å²) in [5.41, 5.74) is 4.31. The summed E-state index contributed by atoms with van der Waals surface area (Å²) >= 11 is 12.0. The molecule has 0 saturated heterocycles. The molecule has 1 unspecified atom stereocenters. The van der Waals surface area contributed by atoms with Gasteiger partial charge in [0.25, 0.3) is 0 Å². The lowest BCUT2D eigenvalue weighted by atomic mass is 9.77. The number of nitrogens with zero attached hydrogens (tertiary/aromatic N) is 1. The van der Waals surface area contributed by atoms with E-state index in [1.165, 1.54) is 11.1 Å². The van der Waals surface area contributed by atoms with Gasteiger partial charge in [-0.2, -0.15) is 0 Å². The molecular formula is C18H19ClN2S. The fraction of sp³-hybridized carbons (Fsp3) is 0.278. The Bertz CT molecular complexity index is 729. The summed E-state index contributed by atoms with van der Waals surface area (Å²) in [4.78, 5) is 2.15. The minimum absolute atomic E-state index is 0.297. The first-order chi connectivity index (χ1) is 10.5. The van der Waals surface area contributed by atoms with Gasteiger partial charge in [0, 0.05) is 23.3 Å². The highest BCUT2D eigenvalue weighted by atomic mass is 35.5. The van der Waals surface area contributed by atoms with Gasteiger partial charge < -0.3 is 10.2 Å². The third kappa shape index (κ3) is 2.11. The number of anilines is 1. The van der Waals surface area contributed by atoms with Crippen molar-refractivity contribution in [2.75, 3.05) is 12.4 Å². The average molecular weight is 331 g/mol. The van der Waals surface area contributed by atoms with E-state index in [9.17, 15) is 0 Å². The van der Waals surface area contributed by atoms with Crippen LogP contribution < -0.4 is 5.32 Å². The fourth-order valence-corrected chi connectivity index (χ4v) is 4.01. The van der Waals surface area contributed by atoms with Gasteiger partial charge in [-0.1, -0.05) is 48.9 Å². The molecule has 114 valence electrons. The second-order valence-corrected chi connectivity index (χ2v) is 6.54. The van der Waals surface area contributed by atoms with E-state index in [1.54, 1.807) is 0 Å². The Kier molecular flexibility index (Phi) is 3.87. The van der Waals surface area contributed by atoms with Gasteiger partial charge in [0.1, 0.15) is 0 Å². The van der Waals surface area contributed by atoms with Crippen LogP contribution in [0.2, 0.25) is 5.02 Å². The molecule has 1 aliphatic rings. The Morgan fingerprint density at radius 2 is 1.91 bits per heavy atom. The summed E-state index contributed by atoms with van der Waals surface area (Å²) in [7, 11) is 2.05. The van der Waals surface area contributed by atoms with Crippen molar-refractivity contribution in [1.82, 2.24) is 4.90 Å². The number of rotatable bonds is 2. The lowest BCUT2D eigenvalue weighted by Crippen LogP contribution is -2.53. The summed E-state index contributed by atoms with van der Waals surface area (Å²) in [6.45, 7) is 4.26. The van der Waals surface area contributed by atoms with Crippen molar-refractivity contribution in [3.63, 3.8) is 0 Å². The molecule has 2 aromatic carbocycles. The maximum absolute atomic E-state index is 6.36. The van der Waals surface area contributed by atoms with Gasteiger partial charge >= 0.3 is 0 Å². The number of nitrogens with one attached hydrogen (secondary N) is 1. The summed E-state index contributed by atoms with van der Waals surface area (Å²) in [5.74, 6) is 0. The number of thiocarbonyl (C=S) groups is 1. The fourth-order valence-electron chi connectivity index (χ4n) is 3.47. The standard InChI is InChI=1S/C18H19ClN2S/c1-4-18(13-8-6-5-7-9-13)15-11-14(19)10-12(2)16(15)20-17(22)21(18)3/h5-11H,4H2,1-3H3,(H,20,22). The van der Waals surface area contributed by atoms with Crippen LogP contribution in [0.1, 0.15) is 30.0 Å². The van der Waals surface area contributed by atoms with Crippen molar-refractivity contribution in [2.24, 2.45) is 0 Å². The van der Waals surface area contributed by atoms with E-state index < -0.39 is 0 Å². The van der Waals surface area contributed by atoms with Crippen LogP contribution in [0, 0.1) is 6.92 Å². The van der Waals surface area contributed by atoms with Crippen LogP contribution >= 0.6 is 23.8 Å². The summed E-state index contributed by atoms with van der Waals surface area (Å²) in [5, 5.41) is 4.86. The number of benzene rings is 2. The van der Waals surface area contributed by atoms with Crippen molar-refractivity contribution in [2.45, 2.75) is 25.8 Å². The van der Waals surface area contributed by atoms with E-state index in [2.05, 4.69) is 54.4 Å². The second-order valence-electron chi connectivity index (χ2n) is 5.71. The third-order valence-electron chi connectivity index (χ3n) is 4.62. The Balaban J connectivity index is 2.37. The summed E-state index contributed by atoms with van der Waals surface area (Å²) < 4.78 is 0. The van der Waals surface area contributed by atoms with E-state index in [0.717, 1.165) is 27.8 Å². The van der Waals surface area contributed by atoms with Crippen molar-refractivity contribution >= 4 is 34.6 Å². The van der Waals surface area contributed by atoms with Crippen molar-refractivity contribution < 1.29 is 0 Å². The molecule has 0 amide bonds. The Morgan fingerprint density at radius 1 is 1.23 bits per heavy atom. The molecule has 4 heteroatoms. The molecular weight excluding hydrogens is 312 g/mol. The van der Waals surface area contributed by atoms with Crippen LogP contribution in [0.3, 0.4) is 0 Å². The van der Waals surface area contributed by atoms with Gasteiger partial charge in [-0.25, -0.2) is 0 Å². The first kappa shape index (κ1) is 15.3. The highest BCUT2D eigenvalue weighted by Gasteiger charge is 2.43. The Labute approximate surface area is 142 Å². The monoisotopic (exact) mass is 330 g/mol. The van der Waals surface area contributed by atoms with Crippen LogP contribution in [0.25, 0.3) is 0 Å². The van der Waals surface area contributed by atoms with E-state index in [1.807, 2.05) is 19.2 Å². The number of halogens is 1. The normalized spacial score (nSPS) is 20.5. The topological polar surface area (TPSA) is 15.3 Å². The Hall–Kier alpha value is -1.58. The highest BCUT2D eigenvalue weighted by Crippen LogP contribution is 2.46. The van der Waals surface area contributed by atoms with Gasteiger partial charge in [-0.05, 0) is 48.8 Å². The van der Waals surface area contributed by atoms with E-state index in [-0.39, 0.29) is 5.54 Å². The SMILES string of the molecule is CCC1(c2ccccc2)c2cc(Cl)cc(C)c2NC(=S)N1C. The maximum Gasteiger partial charge on any atom is 0.174 e. The van der Waals surface area contributed by atoms with E-state index >= 15 is 0 Å². The molecule has 2 nitrogen and oxygen atoms in total. The molecule has 0 bridgehead atoms. The molecule has 1 heterocycles. The Morgan fingerprint density at radius 3 is 2.55 bits per heavy atom. The summed E-state index contributed by atoms with van der Waals surface area (Å²) in [6.07, 6.45) is 0.905. The molecule has 1 aliphatic heterocycles. The van der Waals surface area contributed by atoms with Crippen LogP contribution in [0.15, 0.2) is 42.5 Å². The molecule has 3 rings (SSSR count). The third-order valence-corrected chi connectivity index (χ3v) is 5.21. The molecule has 0 radical (unpaired) electrons. The first-order valence-electron chi connectivity index (χ1n) is 7.41. The maximum atomic E-state index is 6.36. The molecule has 22 heavy (non-hydrogen) atoms. The van der Waals surface area contributed by atoms with Crippen LogP contribution in [0.4, 0.5) is 5.69 Å². The molecule has 1 N–H and O–H groups in total. The minimum atomic E-state index is -0.297.